The molecule has 0 bridgehead atoms. The predicted octanol–water partition coefficient (Wildman–Crippen LogP) is 4.31. The van der Waals surface area contributed by atoms with E-state index in [9.17, 15) is 4.79 Å². The number of nitrogens with two attached hydrogens (primary N) is 1. The summed E-state index contributed by atoms with van der Waals surface area (Å²) in [5.41, 5.74) is 5.68. The average molecular weight is 307 g/mol. The van der Waals surface area contributed by atoms with Crippen LogP contribution < -0.4 is 15.2 Å². The van der Waals surface area contributed by atoms with Crippen LogP contribution in [0.15, 0.2) is 18.2 Å². The fraction of sp³-hybridized carbons (Fsp3) is 0.611. The smallest absolute Gasteiger partial charge is 0.248 e. The number of amides is 1. The van der Waals surface area contributed by atoms with Crippen LogP contribution in [0.4, 0.5) is 0 Å². The lowest BCUT2D eigenvalue weighted by Crippen LogP contribution is -2.11. The van der Waals surface area contributed by atoms with Gasteiger partial charge in [0.15, 0.2) is 11.5 Å². The van der Waals surface area contributed by atoms with Crippen molar-refractivity contribution in [1.82, 2.24) is 0 Å². The molecule has 0 atom stereocenters. The maximum Gasteiger partial charge on any atom is 0.248 e. The second-order valence-electron chi connectivity index (χ2n) is 5.55. The van der Waals surface area contributed by atoms with Crippen molar-refractivity contribution in [2.75, 3.05) is 13.7 Å². The van der Waals surface area contributed by atoms with E-state index >= 15 is 0 Å². The lowest BCUT2D eigenvalue weighted by Gasteiger charge is -2.11. The largest absolute Gasteiger partial charge is 0.493 e. The van der Waals surface area contributed by atoms with Crippen LogP contribution in [0.3, 0.4) is 0 Å². The van der Waals surface area contributed by atoms with Gasteiger partial charge in [-0.2, -0.15) is 0 Å². The molecule has 1 aromatic rings. The van der Waals surface area contributed by atoms with E-state index in [2.05, 4.69) is 6.92 Å². The van der Waals surface area contributed by atoms with Gasteiger partial charge in [0.25, 0.3) is 0 Å². The first-order chi connectivity index (χ1) is 10.7. The van der Waals surface area contributed by atoms with Crippen LogP contribution in [-0.4, -0.2) is 19.6 Å². The number of hydrogen-bond donors (Lipinski definition) is 1. The molecule has 0 spiro atoms. The molecule has 1 rings (SSSR count). The minimum absolute atomic E-state index is 0.427. The van der Waals surface area contributed by atoms with Crippen molar-refractivity contribution in [3.8, 4) is 11.5 Å². The predicted molar refractivity (Wildman–Crippen MR) is 89.6 cm³/mol. The molecular formula is C18H29NO3. The molecule has 4 nitrogen and oxygen atoms in total. The van der Waals surface area contributed by atoms with Crippen LogP contribution in [0.25, 0.3) is 0 Å². The van der Waals surface area contributed by atoms with Gasteiger partial charge in [-0.25, -0.2) is 0 Å². The number of carbonyl (C=O) groups is 1. The number of ether oxygens (including phenoxy) is 2. The van der Waals surface area contributed by atoms with Crippen molar-refractivity contribution < 1.29 is 14.3 Å². The Bertz CT molecular complexity index is 446. The minimum atomic E-state index is -0.465. The van der Waals surface area contributed by atoms with Gasteiger partial charge < -0.3 is 15.2 Å². The number of hydrogen-bond acceptors (Lipinski definition) is 3. The van der Waals surface area contributed by atoms with Gasteiger partial charge in [0.1, 0.15) is 0 Å². The van der Waals surface area contributed by atoms with Crippen LogP contribution in [-0.2, 0) is 0 Å². The fourth-order valence-electron chi connectivity index (χ4n) is 2.36. The topological polar surface area (TPSA) is 61.5 Å². The van der Waals surface area contributed by atoms with Gasteiger partial charge in [-0.15, -0.1) is 0 Å². The number of rotatable bonds is 12. The van der Waals surface area contributed by atoms with E-state index in [1.807, 2.05) is 0 Å². The fourth-order valence-corrected chi connectivity index (χ4v) is 2.36. The van der Waals surface area contributed by atoms with Crippen molar-refractivity contribution in [1.29, 1.82) is 0 Å². The molecule has 0 heterocycles. The lowest BCUT2D eigenvalue weighted by molar-refractivity contribution is 0.1000. The SMILES string of the molecule is CCCCCCCCCCOc1ccc(C(N)=O)cc1OC. The molecule has 0 aliphatic rings. The van der Waals surface area contributed by atoms with E-state index in [1.54, 1.807) is 25.3 Å². The molecule has 0 radical (unpaired) electrons. The van der Waals surface area contributed by atoms with Gasteiger partial charge in [-0.3, -0.25) is 4.79 Å². The number of methoxy groups -OCH3 is 1. The molecular weight excluding hydrogens is 278 g/mol. The first kappa shape index (κ1) is 18.3. The van der Waals surface area contributed by atoms with Crippen LogP contribution in [0.1, 0.15) is 68.6 Å². The summed E-state index contributed by atoms with van der Waals surface area (Å²) < 4.78 is 11.0. The summed E-state index contributed by atoms with van der Waals surface area (Å²) in [7, 11) is 1.56. The van der Waals surface area contributed by atoms with Gasteiger partial charge in [0, 0.05) is 5.56 Å². The van der Waals surface area contributed by atoms with Crippen molar-refractivity contribution in [2.24, 2.45) is 5.73 Å². The zero-order valence-corrected chi connectivity index (χ0v) is 13.9. The Balaban J connectivity index is 2.23. The zero-order valence-electron chi connectivity index (χ0n) is 13.9. The summed E-state index contributed by atoms with van der Waals surface area (Å²) >= 11 is 0. The van der Waals surface area contributed by atoms with E-state index in [4.69, 9.17) is 15.2 Å². The molecule has 1 amide bonds. The second kappa shape index (κ2) is 10.9. The third kappa shape index (κ3) is 6.83. The van der Waals surface area contributed by atoms with E-state index in [1.165, 1.54) is 44.9 Å². The van der Waals surface area contributed by atoms with E-state index < -0.39 is 5.91 Å². The lowest BCUT2D eigenvalue weighted by atomic mass is 10.1. The molecule has 4 heteroatoms. The first-order valence-corrected chi connectivity index (χ1v) is 8.29. The molecule has 22 heavy (non-hydrogen) atoms. The highest BCUT2D eigenvalue weighted by Gasteiger charge is 2.08. The molecule has 1 aromatic carbocycles. The molecule has 124 valence electrons. The Kier molecular flexibility index (Phi) is 9.12. The molecule has 2 N–H and O–H groups in total. The van der Waals surface area contributed by atoms with Gasteiger partial charge in [-0.05, 0) is 24.6 Å². The van der Waals surface area contributed by atoms with Crippen molar-refractivity contribution in [2.45, 2.75) is 58.3 Å². The number of carbonyl (C=O) groups excluding carboxylic acids is 1. The van der Waals surface area contributed by atoms with Gasteiger partial charge in [0.05, 0.1) is 13.7 Å². The van der Waals surface area contributed by atoms with E-state index in [0.717, 1.165) is 6.42 Å². The highest BCUT2D eigenvalue weighted by Crippen LogP contribution is 2.28. The Hall–Kier alpha value is -1.71. The highest BCUT2D eigenvalue weighted by atomic mass is 16.5. The Labute approximate surface area is 134 Å². The second-order valence-corrected chi connectivity index (χ2v) is 5.55. The number of unbranched alkanes of at least 4 members (excludes halogenated alkanes) is 7. The molecule has 0 saturated heterocycles. The van der Waals surface area contributed by atoms with E-state index in [0.29, 0.717) is 23.7 Å². The third-order valence-corrected chi connectivity index (χ3v) is 3.70. The van der Waals surface area contributed by atoms with E-state index in [-0.39, 0.29) is 0 Å². The third-order valence-electron chi connectivity index (χ3n) is 3.70. The molecule has 0 saturated carbocycles. The molecule has 0 aliphatic heterocycles. The normalized spacial score (nSPS) is 10.5. The van der Waals surface area contributed by atoms with Gasteiger partial charge >= 0.3 is 0 Å². The summed E-state index contributed by atoms with van der Waals surface area (Å²) in [5, 5.41) is 0. The summed E-state index contributed by atoms with van der Waals surface area (Å²) in [6, 6.07) is 5.02. The van der Waals surface area contributed by atoms with Crippen LogP contribution in [0.5, 0.6) is 11.5 Å². The van der Waals surface area contributed by atoms with Crippen LogP contribution >= 0.6 is 0 Å². The van der Waals surface area contributed by atoms with Gasteiger partial charge in [0.2, 0.25) is 5.91 Å². The molecule has 0 fully saturated rings. The minimum Gasteiger partial charge on any atom is -0.493 e. The number of benzene rings is 1. The maximum absolute atomic E-state index is 11.1. The summed E-state index contributed by atoms with van der Waals surface area (Å²) in [6.07, 6.45) is 10.2. The van der Waals surface area contributed by atoms with Crippen molar-refractivity contribution in [3.05, 3.63) is 23.8 Å². The molecule has 0 aromatic heterocycles. The Morgan fingerprint density at radius 1 is 1.00 bits per heavy atom. The monoisotopic (exact) mass is 307 g/mol. The van der Waals surface area contributed by atoms with Crippen molar-refractivity contribution in [3.63, 3.8) is 0 Å². The number of primary amides is 1. The standard InChI is InChI=1S/C18H29NO3/c1-3-4-5-6-7-8-9-10-13-22-16-12-11-15(18(19)20)14-17(16)21-2/h11-12,14H,3-10,13H2,1-2H3,(H2,19,20). The molecule has 0 aliphatic carbocycles. The highest BCUT2D eigenvalue weighted by molar-refractivity contribution is 5.93. The first-order valence-electron chi connectivity index (χ1n) is 8.29. The summed E-state index contributed by atoms with van der Waals surface area (Å²) in [5.74, 6) is 0.749. The van der Waals surface area contributed by atoms with Crippen LogP contribution in [0.2, 0.25) is 0 Å². The zero-order chi connectivity index (χ0) is 16.2. The Morgan fingerprint density at radius 2 is 1.64 bits per heavy atom. The summed E-state index contributed by atoms with van der Waals surface area (Å²) in [6.45, 7) is 2.91. The average Bonchev–Trinajstić information content (AvgIpc) is 2.53. The summed E-state index contributed by atoms with van der Waals surface area (Å²) in [4.78, 5) is 11.1. The Morgan fingerprint density at radius 3 is 2.23 bits per heavy atom. The van der Waals surface area contributed by atoms with Crippen molar-refractivity contribution >= 4 is 5.91 Å². The molecule has 0 unspecified atom stereocenters. The van der Waals surface area contributed by atoms with Gasteiger partial charge in [-0.1, -0.05) is 51.9 Å². The quantitative estimate of drug-likeness (QED) is 0.585. The maximum atomic E-state index is 11.1. The van der Waals surface area contributed by atoms with Crippen LogP contribution in [0, 0.1) is 0 Å².